The Bertz CT molecular complexity index is 954. The fraction of sp³-hybridized carbons (Fsp3) is 0. The Labute approximate surface area is 144 Å². The maximum absolute atomic E-state index is 5.94. The topological polar surface area (TPSA) is 89.7 Å². The summed E-state index contributed by atoms with van der Waals surface area (Å²) in [6.07, 6.45) is 1.40. The van der Waals surface area contributed by atoms with Gasteiger partial charge in [-0.05, 0) is 36.4 Å². The van der Waals surface area contributed by atoms with Crippen LogP contribution in [-0.2, 0) is 0 Å². The lowest BCUT2D eigenvalue weighted by molar-refractivity contribution is 0.483. The highest BCUT2D eigenvalue weighted by Crippen LogP contribution is 2.30. The third kappa shape index (κ3) is 2.87. The number of ether oxygens (including phenoxy) is 1. The number of anilines is 1. The minimum absolute atomic E-state index is 0. The molecular formula is C17H14ClN5O. The molecule has 6 nitrogen and oxygen atoms in total. The van der Waals surface area contributed by atoms with Crippen LogP contribution in [0.25, 0.3) is 22.3 Å². The van der Waals surface area contributed by atoms with Crippen LogP contribution in [0, 0.1) is 0 Å². The Morgan fingerprint density at radius 2 is 1.58 bits per heavy atom. The van der Waals surface area contributed by atoms with Gasteiger partial charge in [0.25, 0.3) is 0 Å². The van der Waals surface area contributed by atoms with Gasteiger partial charge in [0.15, 0.2) is 5.65 Å². The Morgan fingerprint density at radius 1 is 0.875 bits per heavy atom. The van der Waals surface area contributed by atoms with Gasteiger partial charge in [-0.15, -0.1) is 12.4 Å². The third-order valence-electron chi connectivity index (χ3n) is 3.50. The molecule has 0 bridgehead atoms. The third-order valence-corrected chi connectivity index (χ3v) is 3.50. The van der Waals surface area contributed by atoms with E-state index in [1.54, 1.807) is 0 Å². The molecule has 2 aromatic heterocycles. The molecule has 3 N–H and O–H groups in total. The molecule has 0 unspecified atom stereocenters. The number of nitrogen functional groups attached to an aromatic ring is 1. The van der Waals surface area contributed by atoms with Gasteiger partial charge in [-0.1, -0.05) is 18.2 Å². The molecule has 4 rings (SSSR count). The number of benzene rings is 2. The number of rotatable bonds is 3. The highest BCUT2D eigenvalue weighted by Gasteiger charge is 2.12. The van der Waals surface area contributed by atoms with Crippen molar-refractivity contribution in [1.29, 1.82) is 0 Å². The van der Waals surface area contributed by atoms with Crippen LogP contribution in [0.15, 0.2) is 60.9 Å². The molecule has 0 amide bonds. The minimum atomic E-state index is 0. The molecule has 120 valence electrons. The van der Waals surface area contributed by atoms with E-state index in [0.29, 0.717) is 11.5 Å². The minimum Gasteiger partial charge on any atom is -0.457 e. The van der Waals surface area contributed by atoms with Crippen molar-refractivity contribution in [3.63, 3.8) is 0 Å². The number of H-pyrrole nitrogens is 1. The number of para-hydroxylation sites is 1. The summed E-state index contributed by atoms with van der Waals surface area (Å²) < 4.78 is 5.79. The molecule has 4 aromatic rings. The zero-order chi connectivity index (χ0) is 15.6. The summed E-state index contributed by atoms with van der Waals surface area (Å²) in [6.45, 7) is 0. The van der Waals surface area contributed by atoms with Crippen molar-refractivity contribution in [3.05, 3.63) is 60.9 Å². The van der Waals surface area contributed by atoms with Crippen LogP contribution in [0.3, 0.4) is 0 Å². The number of nitrogens with two attached hydrogens (primary N) is 1. The lowest BCUT2D eigenvalue weighted by atomic mass is 10.1. The summed E-state index contributed by atoms with van der Waals surface area (Å²) >= 11 is 0. The Hall–Kier alpha value is -3.12. The molecule has 2 heterocycles. The molecule has 0 radical (unpaired) electrons. The van der Waals surface area contributed by atoms with Gasteiger partial charge < -0.3 is 10.5 Å². The van der Waals surface area contributed by atoms with Gasteiger partial charge in [0.05, 0.1) is 11.1 Å². The first-order valence-electron chi connectivity index (χ1n) is 7.09. The van der Waals surface area contributed by atoms with Crippen LogP contribution in [0.5, 0.6) is 11.5 Å². The van der Waals surface area contributed by atoms with Crippen molar-refractivity contribution in [1.82, 2.24) is 20.2 Å². The van der Waals surface area contributed by atoms with Crippen molar-refractivity contribution in [2.75, 3.05) is 5.73 Å². The van der Waals surface area contributed by atoms with Crippen LogP contribution in [-0.4, -0.2) is 20.2 Å². The highest BCUT2D eigenvalue weighted by molar-refractivity contribution is 5.97. The van der Waals surface area contributed by atoms with Crippen LogP contribution in [0.2, 0.25) is 0 Å². The largest absolute Gasteiger partial charge is 0.457 e. The van der Waals surface area contributed by atoms with Crippen molar-refractivity contribution < 1.29 is 4.74 Å². The van der Waals surface area contributed by atoms with E-state index in [0.717, 1.165) is 28.1 Å². The van der Waals surface area contributed by atoms with Gasteiger partial charge in [0.1, 0.15) is 23.6 Å². The number of nitrogens with one attached hydrogen (secondary N) is 1. The summed E-state index contributed by atoms with van der Waals surface area (Å²) in [5, 5.41) is 7.85. The van der Waals surface area contributed by atoms with Crippen molar-refractivity contribution in [2.45, 2.75) is 0 Å². The average Bonchev–Trinajstić information content (AvgIpc) is 3.02. The van der Waals surface area contributed by atoms with E-state index in [1.807, 2.05) is 54.6 Å². The molecule has 0 fully saturated rings. The number of hydrogen-bond donors (Lipinski definition) is 2. The quantitative estimate of drug-likeness (QED) is 0.592. The Balaban J connectivity index is 0.00000169. The molecule has 0 atom stereocenters. The van der Waals surface area contributed by atoms with Crippen molar-refractivity contribution in [2.24, 2.45) is 0 Å². The smallest absolute Gasteiger partial charge is 0.186 e. The standard InChI is InChI=1S/C17H13N5O.ClH/c18-16-14-15(21-22-17(14)20-10-19-16)11-6-8-13(9-7-11)23-12-4-2-1-3-5-12;/h1-10H,(H3,18,19,20,21,22);1H. The van der Waals surface area contributed by atoms with E-state index in [2.05, 4.69) is 20.2 Å². The number of hydrogen-bond acceptors (Lipinski definition) is 5. The number of aromatic amines is 1. The summed E-state index contributed by atoms with van der Waals surface area (Å²) in [5.41, 5.74) is 8.22. The van der Waals surface area contributed by atoms with Crippen LogP contribution in [0.4, 0.5) is 5.82 Å². The monoisotopic (exact) mass is 339 g/mol. The normalized spacial score (nSPS) is 10.3. The van der Waals surface area contributed by atoms with Gasteiger partial charge in [0, 0.05) is 5.56 Å². The van der Waals surface area contributed by atoms with Crippen LogP contribution in [0.1, 0.15) is 0 Å². The first-order chi connectivity index (χ1) is 11.3. The number of halogens is 1. The number of aromatic nitrogens is 4. The molecule has 0 saturated carbocycles. The summed E-state index contributed by atoms with van der Waals surface area (Å²) in [5.74, 6) is 1.96. The van der Waals surface area contributed by atoms with Gasteiger partial charge in [-0.2, -0.15) is 5.10 Å². The highest BCUT2D eigenvalue weighted by atomic mass is 35.5. The lowest BCUT2D eigenvalue weighted by Gasteiger charge is -2.06. The molecular weight excluding hydrogens is 326 g/mol. The molecule has 0 aliphatic carbocycles. The van der Waals surface area contributed by atoms with E-state index >= 15 is 0 Å². The molecule has 2 aromatic carbocycles. The fourth-order valence-corrected chi connectivity index (χ4v) is 2.40. The molecule has 0 spiro atoms. The van der Waals surface area contributed by atoms with Crippen LogP contribution < -0.4 is 10.5 Å². The van der Waals surface area contributed by atoms with E-state index < -0.39 is 0 Å². The SMILES string of the molecule is Cl.Nc1ncnc2n[nH]c(-c3ccc(Oc4ccccc4)cc3)c12. The van der Waals surface area contributed by atoms with Gasteiger partial charge in [-0.25, -0.2) is 9.97 Å². The molecule has 0 aliphatic heterocycles. The Morgan fingerprint density at radius 3 is 2.33 bits per heavy atom. The van der Waals surface area contributed by atoms with Gasteiger partial charge >= 0.3 is 0 Å². The predicted molar refractivity (Wildman–Crippen MR) is 95.3 cm³/mol. The van der Waals surface area contributed by atoms with Crippen molar-refractivity contribution >= 4 is 29.3 Å². The molecule has 7 heteroatoms. The first kappa shape index (κ1) is 15.8. The summed E-state index contributed by atoms with van der Waals surface area (Å²) in [7, 11) is 0. The fourth-order valence-electron chi connectivity index (χ4n) is 2.40. The van der Waals surface area contributed by atoms with Gasteiger partial charge in [-0.3, -0.25) is 5.10 Å². The van der Waals surface area contributed by atoms with Gasteiger partial charge in [0.2, 0.25) is 0 Å². The summed E-state index contributed by atoms with van der Waals surface area (Å²) in [6, 6.07) is 17.3. The Kier molecular flexibility index (Phi) is 4.31. The van der Waals surface area contributed by atoms with Crippen molar-refractivity contribution in [3.8, 4) is 22.8 Å². The summed E-state index contributed by atoms with van der Waals surface area (Å²) in [4.78, 5) is 8.12. The second kappa shape index (κ2) is 6.55. The maximum atomic E-state index is 5.94. The number of nitrogens with zero attached hydrogens (tertiary/aromatic N) is 3. The first-order valence-corrected chi connectivity index (χ1v) is 7.09. The predicted octanol–water partition coefficient (Wildman–Crippen LogP) is 3.82. The van der Waals surface area contributed by atoms with E-state index in [4.69, 9.17) is 10.5 Å². The molecule has 0 saturated heterocycles. The lowest BCUT2D eigenvalue weighted by Crippen LogP contribution is -1.92. The molecule has 0 aliphatic rings. The van der Waals surface area contributed by atoms with E-state index in [1.165, 1.54) is 6.33 Å². The van der Waals surface area contributed by atoms with E-state index in [-0.39, 0.29) is 12.4 Å². The van der Waals surface area contributed by atoms with E-state index in [9.17, 15) is 0 Å². The zero-order valence-electron chi connectivity index (χ0n) is 12.5. The van der Waals surface area contributed by atoms with Crippen LogP contribution >= 0.6 is 12.4 Å². The second-order valence-electron chi connectivity index (χ2n) is 5.00. The average molecular weight is 340 g/mol. The molecule has 24 heavy (non-hydrogen) atoms. The zero-order valence-corrected chi connectivity index (χ0v) is 13.3. The second-order valence-corrected chi connectivity index (χ2v) is 5.00. The number of fused-ring (bicyclic) bond motifs is 1. The maximum Gasteiger partial charge on any atom is 0.186 e.